The highest BCUT2D eigenvalue weighted by Crippen LogP contribution is 2.33. The molecule has 0 radical (unpaired) electrons. The number of hydrogen-bond acceptors (Lipinski definition) is 7. The quantitative estimate of drug-likeness (QED) is 0.606. The van der Waals surface area contributed by atoms with E-state index in [1.165, 1.54) is 18.4 Å². The maximum absolute atomic E-state index is 12.8. The minimum Gasteiger partial charge on any atom is -0.477 e. The van der Waals surface area contributed by atoms with Crippen molar-refractivity contribution in [3.63, 3.8) is 0 Å². The minimum atomic E-state index is -0.727. The van der Waals surface area contributed by atoms with Crippen molar-refractivity contribution < 1.29 is 23.9 Å². The van der Waals surface area contributed by atoms with Crippen LogP contribution in [0.1, 0.15) is 36.4 Å². The molecule has 0 bridgehead atoms. The van der Waals surface area contributed by atoms with Crippen LogP contribution in [-0.2, 0) is 14.3 Å². The van der Waals surface area contributed by atoms with E-state index in [-0.39, 0.29) is 30.9 Å². The van der Waals surface area contributed by atoms with E-state index in [0.29, 0.717) is 16.3 Å². The number of benzene rings is 1. The molecular formula is C22H27N3O5S. The van der Waals surface area contributed by atoms with Gasteiger partial charge in [-0.2, -0.15) is 0 Å². The number of methoxy groups -OCH3 is 1. The first-order valence-corrected chi connectivity index (χ1v) is 11.1. The zero-order valence-corrected chi connectivity index (χ0v) is 18.7. The predicted octanol–water partition coefficient (Wildman–Crippen LogP) is 3.05. The van der Waals surface area contributed by atoms with Crippen molar-refractivity contribution in [3.8, 4) is 5.75 Å². The molecule has 0 fully saturated rings. The molecule has 2 N–H and O–H groups in total. The Labute approximate surface area is 185 Å². The van der Waals surface area contributed by atoms with Crippen molar-refractivity contribution in [2.75, 3.05) is 30.4 Å². The van der Waals surface area contributed by atoms with Crippen molar-refractivity contribution in [2.45, 2.75) is 38.8 Å². The van der Waals surface area contributed by atoms with Gasteiger partial charge in [0.1, 0.15) is 10.6 Å². The van der Waals surface area contributed by atoms with E-state index in [2.05, 4.69) is 10.6 Å². The normalized spacial score (nSPS) is 15.1. The predicted molar refractivity (Wildman–Crippen MR) is 120 cm³/mol. The van der Waals surface area contributed by atoms with E-state index >= 15 is 0 Å². The third-order valence-corrected chi connectivity index (χ3v) is 6.02. The van der Waals surface area contributed by atoms with Crippen molar-refractivity contribution in [3.05, 3.63) is 40.6 Å². The van der Waals surface area contributed by atoms with Crippen molar-refractivity contribution >= 4 is 40.5 Å². The van der Waals surface area contributed by atoms with Crippen LogP contribution in [-0.4, -0.2) is 50.1 Å². The van der Waals surface area contributed by atoms with E-state index in [0.717, 1.165) is 18.5 Å². The standard InChI is InChI=1S/C22H27N3O5S/c1-4-14(5-2)23-21(27)18-12-25(16-8-6-7-9-17(16)30-18)13-19(26)24-15-10-11-31-20(15)22(28)29-3/h6-11,14,18H,4-5,12-13H2,1-3H3,(H,23,27)(H,24,26). The van der Waals surface area contributed by atoms with Gasteiger partial charge >= 0.3 is 5.97 Å². The van der Waals surface area contributed by atoms with Crippen LogP contribution >= 0.6 is 11.3 Å². The van der Waals surface area contributed by atoms with E-state index in [4.69, 9.17) is 9.47 Å². The molecule has 1 aromatic carbocycles. The van der Waals surface area contributed by atoms with Gasteiger partial charge in [0.05, 0.1) is 31.6 Å². The van der Waals surface area contributed by atoms with Gasteiger partial charge in [0.25, 0.3) is 5.91 Å². The summed E-state index contributed by atoms with van der Waals surface area (Å²) in [6, 6.07) is 9.06. The first kappa shape index (κ1) is 22.6. The molecule has 1 aliphatic rings. The van der Waals surface area contributed by atoms with Gasteiger partial charge < -0.3 is 25.0 Å². The summed E-state index contributed by atoms with van der Waals surface area (Å²) in [5.74, 6) is -0.448. The Kier molecular flexibility index (Phi) is 7.51. The lowest BCUT2D eigenvalue weighted by atomic mass is 10.1. The first-order valence-electron chi connectivity index (χ1n) is 10.2. The molecule has 31 heavy (non-hydrogen) atoms. The molecule has 0 aliphatic carbocycles. The van der Waals surface area contributed by atoms with Crippen LogP contribution < -0.4 is 20.3 Å². The molecule has 0 saturated carbocycles. The van der Waals surface area contributed by atoms with Crippen molar-refractivity contribution in [1.29, 1.82) is 0 Å². The van der Waals surface area contributed by atoms with Gasteiger partial charge in [-0.05, 0) is 36.4 Å². The Bertz CT molecular complexity index is 941. The Morgan fingerprint density at radius 1 is 1.23 bits per heavy atom. The monoisotopic (exact) mass is 445 g/mol. The van der Waals surface area contributed by atoms with Crippen molar-refractivity contribution in [2.24, 2.45) is 0 Å². The van der Waals surface area contributed by atoms with Gasteiger partial charge in [-0.15, -0.1) is 11.3 Å². The highest BCUT2D eigenvalue weighted by Gasteiger charge is 2.32. The summed E-state index contributed by atoms with van der Waals surface area (Å²) in [4.78, 5) is 39.5. The lowest BCUT2D eigenvalue weighted by Gasteiger charge is -2.35. The number of amides is 2. The lowest BCUT2D eigenvalue weighted by Crippen LogP contribution is -2.52. The summed E-state index contributed by atoms with van der Waals surface area (Å²) in [5, 5.41) is 7.49. The number of carbonyl (C=O) groups excluding carboxylic acids is 3. The zero-order valence-electron chi connectivity index (χ0n) is 17.8. The Morgan fingerprint density at radius 2 is 1.97 bits per heavy atom. The molecule has 9 heteroatoms. The van der Waals surface area contributed by atoms with Crippen LogP contribution in [0.5, 0.6) is 5.75 Å². The molecule has 2 aromatic rings. The fourth-order valence-electron chi connectivity index (χ4n) is 3.40. The zero-order chi connectivity index (χ0) is 22.4. The largest absolute Gasteiger partial charge is 0.477 e. The van der Waals surface area contributed by atoms with Crippen LogP contribution in [0.3, 0.4) is 0 Å². The Hall–Kier alpha value is -3.07. The third kappa shape index (κ3) is 5.35. The number of fused-ring (bicyclic) bond motifs is 1. The summed E-state index contributed by atoms with van der Waals surface area (Å²) in [5.41, 5.74) is 1.15. The van der Waals surface area contributed by atoms with Crippen LogP contribution in [0.15, 0.2) is 35.7 Å². The first-order chi connectivity index (χ1) is 15.0. The highest BCUT2D eigenvalue weighted by molar-refractivity contribution is 7.12. The number of hydrogen-bond donors (Lipinski definition) is 2. The molecule has 2 heterocycles. The Balaban J connectivity index is 1.73. The van der Waals surface area contributed by atoms with E-state index in [9.17, 15) is 14.4 Å². The lowest BCUT2D eigenvalue weighted by molar-refractivity contribution is -0.129. The van der Waals surface area contributed by atoms with E-state index < -0.39 is 12.1 Å². The smallest absolute Gasteiger partial charge is 0.350 e. The number of esters is 1. The number of anilines is 2. The number of nitrogens with zero attached hydrogens (tertiary/aromatic N) is 1. The topological polar surface area (TPSA) is 97.0 Å². The molecule has 0 spiro atoms. The molecule has 1 atom stereocenters. The summed E-state index contributed by atoms with van der Waals surface area (Å²) >= 11 is 1.20. The summed E-state index contributed by atoms with van der Waals surface area (Å²) < 4.78 is 10.7. The molecular weight excluding hydrogens is 418 g/mol. The molecule has 8 nitrogen and oxygen atoms in total. The van der Waals surface area contributed by atoms with Gasteiger partial charge in [0, 0.05) is 6.04 Å². The van der Waals surface area contributed by atoms with Gasteiger partial charge in [0.2, 0.25) is 5.91 Å². The summed E-state index contributed by atoms with van der Waals surface area (Å²) in [6.07, 6.45) is 0.942. The summed E-state index contributed by atoms with van der Waals surface area (Å²) in [7, 11) is 1.30. The fourth-order valence-corrected chi connectivity index (χ4v) is 4.17. The molecule has 1 aromatic heterocycles. The number of rotatable bonds is 8. The van der Waals surface area contributed by atoms with Gasteiger partial charge in [-0.25, -0.2) is 4.79 Å². The summed E-state index contributed by atoms with van der Waals surface area (Å²) in [6.45, 7) is 4.29. The number of carbonyl (C=O) groups is 3. The fraction of sp³-hybridized carbons (Fsp3) is 0.409. The number of nitrogens with one attached hydrogen (secondary N) is 2. The SMILES string of the molecule is CCC(CC)NC(=O)C1CN(CC(=O)Nc2ccsc2C(=O)OC)c2ccccc2O1. The molecule has 2 amide bonds. The average Bonchev–Trinajstić information content (AvgIpc) is 3.24. The van der Waals surface area contributed by atoms with Gasteiger partial charge in [-0.3, -0.25) is 9.59 Å². The maximum atomic E-state index is 12.8. The molecule has 1 unspecified atom stereocenters. The number of thiophene rings is 1. The second-order valence-corrected chi connectivity index (χ2v) is 8.10. The third-order valence-electron chi connectivity index (χ3n) is 5.13. The minimum absolute atomic E-state index is 0.00555. The second-order valence-electron chi connectivity index (χ2n) is 7.18. The van der Waals surface area contributed by atoms with Crippen molar-refractivity contribution in [1.82, 2.24) is 5.32 Å². The second kappa shape index (κ2) is 10.3. The highest BCUT2D eigenvalue weighted by atomic mass is 32.1. The average molecular weight is 446 g/mol. The van der Waals surface area contributed by atoms with Crippen LogP contribution in [0.2, 0.25) is 0 Å². The molecule has 166 valence electrons. The molecule has 1 aliphatic heterocycles. The van der Waals surface area contributed by atoms with E-state index in [1.54, 1.807) is 17.5 Å². The van der Waals surface area contributed by atoms with Gasteiger partial charge in [-0.1, -0.05) is 26.0 Å². The molecule has 0 saturated heterocycles. The maximum Gasteiger partial charge on any atom is 0.350 e. The van der Waals surface area contributed by atoms with Crippen LogP contribution in [0.25, 0.3) is 0 Å². The van der Waals surface area contributed by atoms with Gasteiger partial charge in [0.15, 0.2) is 6.10 Å². The molecule has 3 rings (SSSR count). The Morgan fingerprint density at radius 3 is 2.68 bits per heavy atom. The van der Waals surface area contributed by atoms with E-state index in [1.807, 2.05) is 36.9 Å². The number of para-hydroxylation sites is 2. The number of ether oxygens (including phenoxy) is 2. The van der Waals surface area contributed by atoms with Crippen LogP contribution in [0.4, 0.5) is 11.4 Å². The van der Waals surface area contributed by atoms with Crippen LogP contribution in [0, 0.1) is 0 Å².